The third-order valence-electron chi connectivity index (χ3n) is 4.25. The molecule has 5 aromatic rings. The Bertz CT molecular complexity index is 1180. The zero-order valence-corrected chi connectivity index (χ0v) is 16.4. The van der Waals surface area contributed by atoms with Crippen LogP contribution in [0, 0.1) is 0 Å². The maximum absolute atomic E-state index is 4.73. The van der Waals surface area contributed by atoms with Crippen molar-refractivity contribution in [3.05, 3.63) is 84.1 Å². The van der Waals surface area contributed by atoms with Crippen LogP contribution in [0.1, 0.15) is 5.01 Å². The summed E-state index contributed by atoms with van der Waals surface area (Å²) in [5, 5.41) is 10.9. The van der Waals surface area contributed by atoms with Crippen molar-refractivity contribution >= 4 is 33.3 Å². The molecule has 0 amide bonds. The van der Waals surface area contributed by atoms with Gasteiger partial charge in [0.05, 0.1) is 16.0 Å². The van der Waals surface area contributed by atoms with E-state index in [-0.39, 0.29) is 0 Å². The average Bonchev–Trinajstić information content (AvgIpc) is 3.37. The molecule has 28 heavy (non-hydrogen) atoms. The van der Waals surface area contributed by atoms with Gasteiger partial charge in [-0.05, 0) is 36.4 Å². The molecule has 3 heterocycles. The molecular weight excluding hydrogens is 386 g/mol. The van der Waals surface area contributed by atoms with E-state index in [0.717, 1.165) is 38.5 Å². The number of para-hydroxylation sites is 2. The molecule has 136 valence electrons. The number of hydrogen-bond acceptors (Lipinski definition) is 6. The molecule has 2 aromatic carbocycles. The van der Waals surface area contributed by atoms with Crippen molar-refractivity contribution in [2.75, 3.05) is 0 Å². The summed E-state index contributed by atoms with van der Waals surface area (Å²) in [5.74, 6) is 1.56. The van der Waals surface area contributed by atoms with Crippen LogP contribution in [0.5, 0.6) is 0 Å². The molecule has 0 unspecified atom stereocenters. The fraction of sp³-hybridized carbons (Fsp3) is 0.0476. The predicted molar refractivity (Wildman–Crippen MR) is 114 cm³/mol. The summed E-state index contributed by atoms with van der Waals surface area (Å²) in [7, 11) is 0. The molecule has 5 nitrogen and oxygen atoms in total. The fourth-order valence-electron chi connectivity index (χ4n) is 2.97. The largest absolute Gasteiger partial charge is 0.270 e. The lowest BCUT2D eigenvalue weighted by Crippen LogP contribution is -1.99. The van der Waals surface area contributed by atoms with Gasteiger partial charge in [-0.3, -0.25) is 9.55 Å². The number of aromatic nitrogens is 5. The summed E-state index contributed by atoms with van der Waals surface area (Å²) in [5.41, 5.74) is 3.06. The Morgan fingerprint density at radius 1 is 0.857 bits per heavy atom. The summed E-state index contributed by atoms with van der Waals surface area (Å²) in [6.07, 6.45) is 3.54. The highest BCUT2D eigenvalue weighted by atomic mass is 32.2. The van der Waals surface area contributed by atoms with E-state index in [4.69, 9.17) is 4.98 Å². The van der Waals surface area contributed by atoms with Crippen LogP contribution in [-0.4, -0.2) is 24.7 Å². The first-order valence-electron chi connectivity index (χ1n) is 8.77. The molecular formula is C21H15N5S2. The van der Waals surface area contributed by atoms with Gasteiger partial charge in [0, 0.05) is 23.6 Å². The van der Waals surface area contributed by atoms with Crippen LogP contribution in [0.15, 0.2) is 84.3 Å². The number of fused-ring (bicyclic) bond motifs is 1. The number of rotatable bonds is 5. The summed E-state index contributed by atoms with van der Waals surface area (Å²) >= 11 is 3.37. The van der Waals surface area contributed by atoms with Crippen molar-refractivity contribution in [3.8, 4) is 17.1 Å². The molecule has 0 aliphatic heterocycles. The molecule has 0 atom stereocenters. The lowest BCUT2D eigenvalue weighted by atomic mass is 10.2. The van der Waals surface area contributed by atoms with Crippen LogP contribution in [0.4, 0.5) is 0 Å². The second-order valence-corrected chi connectivity index (χ2v) is 8.13. The number of benzene rings is 2. The van der Waals surface area contributed by atoms with Crippen LogP contribution < -0.4 is 0 Å². The molecule has 0 N–H and O–H groups in total. The number of pyridine rings is 1. The molecule has 0 saturated heterocycles. The van der Waals surface area contributed by atoms with Crippen LogP contribution >= 0.6 is 23.1 Å². The molecule has 0 aliphatic rings. The monoisotopic (exact) mass is 401 g/mol. The Morgan fingerprint density at radius 2 is 1.64 bits per heavy atom. The van der Waals surface area contributed by atoms with Gasteiger partial charge in [0.25, 0.3) is 0 Å². The molecule has 3 aromatic heterocycles. The van der Waals surface area contributed by atoms with Gasteiger partial charge in [0.2, 0.25) is 0 Å². The Morgan fingerprint density at radius 3 is 2.46 bits per heavy atom. The van der Waals surface area contributed by atoms with Crippen LogP contribution in [-0.2, 0) is 5.75 Å². The van der Waals surface area contributed by atoms with E-state index in [1.54, 1.807) is 35.5 Å². The molecule has 7 heteroatoms. The molecule has 0 spiro atoms. The van der Waals surface area contributed by atoms with Crippen molar-refractivity contribution in [2.45, 2.75) is 10.9 Å². The predicted octanol–water partition coefficient (Wildman–Crippen LogP) is 5.23. The van der Waals surface area contributed by atoms with Crippen LogP contribution in [0.3, 0.4) is 0 Å². The lowest BCUT2D eigenvalue weighted by Gasteiger charge is -2.09. The van der Waals surface area contributed by atoms with Crippen molar-refractivity contribution in [3.63, 3.8) is 0 Å². The SMILES string of the molecule is c1ccc(-n2c(SCc3nc4ccccc4s3)nnc2-c2ccncc2)cc1. The number of nitrogens with zero attached hydrogens (tertiary/aromatic N) is 5. The average molecular weight is 402 g/mol. The quantitative estimate of drug-likeness (QED) is 0.377. The van der Waals surface area contributed by atoms with E-state index in [0.29, 0.717) is 0 Å². The van der Waals surface area contributed by atoms with E-state index < -0.39 is 0 Å². The Kier molecular flexibility index (Phi) is 4.60. The van der Waals surface area contributed by atoms with E-state index in [1.807, 2.05) is 48.5 Å². The molecule has 0 radical (unpaired) electrons. The third kappa shape index (κ3) is 3.30. The van der Waals surface area contributed by atoms with Gasteiger partial charge in [-0.25, -0.2) is 4.98 Å². The highest BCUT2D eigenvalue weighted by molar-refractivity contribution is 7.98. The first-order chi connectivity index (χ1) is 13.9. The van der Waals surface area contributed by atoms with Gasteiger partial charge >= 0.3 is 0 Å². The third-order valence-corrected chi connectivity index (χ3v) is 6.41. The second-order valence-electron chi connectivity index (χ2n) is 6.08. The maximum atomic E-state index is 4.73. The van der Waals surface area contributed by atoms with Gasteiger partial charge in [-0.15, -0.1) is 21.5 Å². The summed E-state index contributed by atoms with van der Waals surface area (Å²) in [6, 6.07) is 22.3. The number of thiazole rings is 1. The standard InChI is InChI=1S/C21H15N5S2/c1-2-6-16(7-3-1)26-20(15-10-12-22-13-11-15)24-25-21(26)27-14-19-23-17-8-4-5-9-18(17)28-19/h1-13H,14H2. The minimum Gasteiger partial charge on any atom is -0.270 e. The number of hydrogen-bond donors (Lipinski definition) is 0. The smallest absolute Gasteiger partial charge is 0.196 e. The van der Waals surface area contributed by atoms with E-state index in [9.17, 15) is 0 Å². The highest BCUT2D eigenvalue weighted by Crippen LogP contribution is 2.31. The van der Waals surface area contributed by atoms with Crippen molar-refractivity contribution in [1.29, 1.82) is 0 Å². The Hall–Kier alpha value is -3.03. The van der Waals surface area contributed by atoms with E-state index in [2.05, 4.69) is 37.9 Å². The van der Waals surface area contributed by atoms with Crippen LogP contribution in [0.25, 0.3) is 27.3 Å². The number of thioether (sulfide) groups is 1. The summed E-state index contributed by atoms with van der Waals surface area (Å²) in [6.45, 7) is 0. The minimum absolute atomic E-state index is 0.751. The lowest BCUT2D eigenvalue weighted by molar-refractivity contribution is 0.886. The maximum Gasteiger partial charge on any atom is 0.196 e. The van der Waals surface area contributed by atoms with Crippen LogP contribution in [0.2, 0.25) is 0 Å². The van der Waals surface area contributed by atoms with Gasteiger partial charge < -0.3 is 0 Å². The molecule has 0 bridgehead atoms. The van der Waals surface area contributed by atoms with Gasteiger partial charge in [0.1, 0.15) is 5.01 Å². The normalized spacial score (nSPS) is 11.1. The Balaban J connectivity index is 1.51. The summed E-state index contributed by atoms with van der Waals surface area (Å²) in [4.78, 5) is 8.83. The second kappa shape index (κ2) is 7.53. The van der Waals surface area contributed by atoms with E-state index in [1.165, 1.54) is 4.70 Å². The molecule has 5 rings (SSSR count). The first kappa shape index (κ1) is 17.1. The summed E-state index contributed by atoms with van der Waals surface area (Å²) < 4.78 is 3.30. The fourth-order valence-corrected chi connectivity index (χ4v) is 4.88. The van der Waals surface area contributed by atoms with Gasteiger partial charge in [-0.1, -0.05) is 42.1 Å². The minimum atomic E-state index is 0.751. The van der Waals surface area contributed by atoms with Crippen molar-refractivity contribution in [2.24, 2.45) is 0 Å². The van der Waals surface area contributed by atoms with Gasteiger partial charge in [-0.2, -0.15) is 0 Å². The molecule has 0 aliphatic carbocycles. The molecule has 0 fully saturated rings. The first-order valence-corrected chi connectivity index (χ1v) is 10.6. The topological polar surface area (TPSA) is 56.5 Å². The van der Waals surface area contributed by atoms with E-state index >= 15 is 0 Å². The molecule has 0 saturated carbocycles. The van der Waals surface area contributed by atoms with Crippen molar-refractivity contribution in [1.82, 2.24) is 24.7 Å². The zero-order valence-electron chi connectivity index (χ0n) is 14.8. The Labute approximate surface area is 170 Å². The van der Waals surface area contributed by atoms with Gasteiger partial charge in [0.15, 0.2) is 11.0 Å². The zero-order chi connectivity index (χ0) is 18.8. The highest BCUT2D eigenvalue weighted by Gasteiger charge is 2.16. The van der Waals surface area contributed by atoms with Crippen molar-refractivity contribution < 1.29 is 0 Å².